The molecule has 4 N–H and O–H groups in total. The summed E-state index contributed by atoms with van der Waals surface area (Å²) in [6.07, 6.45) is 5.79. The van der Waals surface area contributed by atoms with E-state index in [1.54, 1.807) is 20.0 Å². The van der Waals surface area contributed by atoms with Crippen molar-refractivity contribution >= 4 is 15.7 Å². The number of aromatic nitrogens is 3. The van der Waals surface area contributed by atoms with Crippen LogP contribution in [-0.2, 0) is 28.4 Å². The fourth-order valence-corrected chi connectivity index (χ4v) is 4.64. The zero-order valence-electron chi connectivity index (χ0n) is 18.2. The number of hydrogen-bond acceptors (Lipinski definition) is 6. The lowest BCUT2D eigenvalue weighted by Gasteiger charge is -2.25. The van der Waals surface area contributed by atoms with E-state index in [9.17, 15) is 12.8 Å². The van der Waals surface area contributed by atoms with Crippen molar-refractivity contribution in [3.8, 4) is 17.0 Å². The van der Waals surface area contributed by atoms with Gasteiger partial charge in [0.05, 0.1) is 11.7 Å². The highest BCUT2D eigenvalue weighted by Crippen LogP contribution is 2.38. The van der Waals surface area contributed by atoms with Gasteiger partial charge < -0.3 is 10.5 Å². The molecule has 0 radical (unpaired) electrons. The van der Waals surface area contributed by atoms with Gasteiger partial charge in [-0.3, -0.25) is 4.68 Å². The number of anilines is 1. The molecule has 8 nitrogen and oxygen atoms in total. The second-order valence-electron chi connectivity index (χ2n) is 8.73. The monoisotopic (exact) mass is 459 g/mol. The van der Waals surface area contributed by atoms with Gasteiger partial charge in [-0.1, -0.05) is 6.07 Å². The lowest BCUT2D eigenvalue weighted by atomic mass is 9.93. The van der Waals surface area contributed by atoms with Gasteiger partial charge >= 0.3 is 0 Å². The number of benzene rings is 1. The first kappa shape index (κ1) is 22.2. The average Bonchev–Trinajstić information content (AvgIpc) is 3.33. The minimum atomic E-state index is -4.26. The number of hydrogen-bond donors (Lipinski definition) is 2. The number of pyridine rings is 1. The molecule has 3 aromatic rings. The van der Waals surface area contributed by atoms with Crippen molar-refractivity contribution in [2.75, 3.05) is 12.3 Å². The third kappa shape index (κ3) is 4.07. The van der Waals surface area contributed by atoms with E-state index in [4.69, 9.17) is 15.6 Å². The number of fused-ring (bicyclic) bond motifs is 1. The molecular weight excluding hydrogens is 433 g/mol. The van der Waals surface area contributed by atoms with Gasteiger partial charge in [0.2, 0.25) is 10.9 Å². The van der Waals surface area contributed by atoms with E-state index in [0.29, 0.717) is 5.88 Å². The van der Waals surface area contributed by atoms with Crippen LogP contribution >= 0.6 is 0 Å². The Morgan fingerprint density at radius 3 is 2.72 bits per heavy atom. The molecule has 4 rings (SSSR count). The van der Waals surface area contributed by atoms with Crippen molar-refractivity contribution in [3.05, 3.63) is 53.1 Å². The normalized spacial score (nSPS) is 13.9. The third-order valence-electron chi connectivity index (χ3n) is 5.77. The van der Waals surface area contributed by atoms with Crippen LogP contribution in [0.1, 0.15) is 37.0 Å². The van der Waals surface area contributed by atoms with E-state index in [1.807, 2.05) is 19.1 Å². The maximum absolute atomic E-state index is 14.0. The van der Waals surface area contributed by atoms with E-state index >= 15 is 0 Å². The molecule has 0 saturated carbocycles. The van der Waals surface area contributed by atoms with Crippen molar-refractivity contribution in [1.29, 1.82) is 0 Å². The van der Waals surface area contributed by atoms with Gasteiger partial charge in [0.25, 0.3) is 10.0 Å². The van der Waals surface area contributed by atoms with Crippen LogP contribution in [0.5, 0.6) is 5.88 Å². The minimum absolute atomic E-state index is 0.0628. The van der Waals surface area contributed by atoms with Crippen molar-refractivity contribution in [2.24, 2.45) is 5.14 Å². The van der Waals surface area contributed by atoms with E-state index in [-0.39, 0.29) is 6.61 Å². The molecule has 170 valence electrons. The Bertz CT molecular complexity index is 1300. The van der Waals surface area contributed by atoms with Crippen LogP contribution in [0.15, 0.2) is 35.6 Å². The van der Waals surface area contributed by atoms with Crippen LogP contribution in [0.3, 0.4) is 0 Å². The number of ether oxygens (including phenoxy) is 1. The predicted molar refractivity (Wildman–Crippen MR) is 119 cm³/mol. The summed E-state index contributed by atoms with van der Waals surface area (Å²) >= 11 is 0. The average molecular weight is 460 g/mol. The van der Waals surface area contributed by atoms with E-state index < -0.39 is 26.4 Å². The molecule has 1 aromatic carbocycles. The largest absolute Gasteiger partial charge is 0.475 e. The van der Waals surface area contributed by atoms with Gasteiger partial charge in [0.1, 0.15) is 6.61 Å². The van der Waals surface area contributed by atoms with Crippen molar-refractivity contribution < 1.29 is 17.5 Å². The lowest BCUT2D eigenvalue weighted by Crippen LogP contribution is -2.34. The standard InChI is InChI=1S/C22H26FN5O3S/c1-13-9-14-5-4-6-16(14)20(24)19(13)15-7-8-26-18(10-15)31-12-22(2,3)28-11-17(23)21(27-28)32(25,29)30/h7-11H,4-6,12,24H2,1-3H3,(H2,25,29,30). The van der Waals surface area contributed by atoms with Gasteiger partial charge in [-0.15, -0.1) is 0 Å². The van der Waals surface area contributed by atoms with E-state index in [0.717, 1.165) is 47.8 Å². The first-order valence-electron chi connectivity index (χ1n) is 10.3. The van der Waals surface area contributed by atoms with Crippen LogP contribution in [0, 0.1) is 12.7 Å². The van der Waals surface area contributed by atoms with Crippen molar-refractivity contribution in [1.82, 2.24) is 14.8 Å². The molecule has 0 saturated heterocycles. The van der Waals surface area contributed by atoms with E-state index in [1.165, 1.54) is 15.8 Å². The van der Waals surface area contributed by atoms with Gasteiger partial charge in [0.15, 0.2) is 5.82 Å². The van der Waals surface area contributed by atoms with Crippen LogP contribution in [0.4, 0.5) is 10.1 Å². The smallest absolute Gasteiger partial charge is 0.260 e. The second-order valence-corrected chi connectivity index (χ2v) is 10.2. The quantitative estimate of drug-likeness (QED) is 0.546. The summed E-state index contributed by atoms with van der Waals surface area (Å²) in [6.45, 7) is 5.58. The summed E-state index contributed by atoms with van der Waals surface area (Å²) in [5.74, 6) is -0.641. The minimum Gasteiger partial charge on any atom is -0.475 e. The highest BCUT2D eigenvalue weighted by Gasteiger charge is 2.28. The van der Waals surface area contributed by atoms with Gasteiger partial charge in [-0.05, 0) is 68.4 Å². The summed E-state index contributed by atoms with van der Waals surface area (Å²) in [5, 5.41) is 8.01. The SMILES string of the molecule is Cc1cc2c(c(N)c1-c1ccnc(OCC(C)(C)n3cc(F)c(S(N)(=O)=O)n3)c1)CCC2. The van der Waals surface area contributed by atoms with Crippen LogP contribution in [0.25, 0.3) is 11.1 Å². The second kappa shape index (κ2) is 7.86. The number of halogens is 1. The number of sulfonamides is 1. The highest BCUT2D eigenvalue weighted by molar-refractivity contribution is 7.89. The predicted octanol–water partition coefficient (Wildman–Crippen LogP) is 2.93. The molecule has 0 bridgehead atoms. The summed E-state index contributed by atoms with van der Waals surface area (Å²) in [6, 6.07) is 5.91. The molecule has 2 heterocycles. The van der Waals surface area contributed by atoms with Gasteiger partial charge in [0, 0.05) is 23.5 Å². The first-order valence-corrected chi connectivity index (χ1v) is 11.8. The fraction of sp³-hybridized carbons (Fsp3) is 0.364. The molecule has 0 amide bonds. The van der Waals surface area contributed by atoms with Crippen LogP contribution in [0.2, 0.25) is 0 Å². The Morgan fingerprint density at radius 1 is 1.28 bits per heavy atom. The first-order chi connectivity index (χ1) is 15.0. The number of rotatable bonds is 6. The highest BCUT2D eigenvalue weighted by atomic mass is 32.2. The Kier molecular flexibility index (Phi) is 5.46. The number of nitrogens with two attached hydrogens (primary N) is 2. The molecular formula is C22H26FN5O3S. The zero-order valence-corrected chi connectivity index (χ0v) is 19.0. The van der Waals surface area contributed by atoms with Gasteiger partial charge in [-0.25, -0.2) is 22.9 Å². The van der Waals surface area contributed by atoms with Crippen LogP contribution in [-0.4, -0.2) is 29.8 Å². The maximum Gasteiger partial charge on any atom is 0.260 e. The number of nitrogen functional groups attached to an aromatic ring is 1. The Labute approximate surface area is 186 Å². The molecule has 2 aromatic heterocycles. The third-order valence-corrected chi connectivity index (χ3v) is 6.58. The lowest BCUT2D eigenvalue weighted by molar-refractivity contribution is 0.164. The number of nitrogens with zero attached hydrogens (tertiary/aromatic N) is 3. The maximum atomic E-state index is 14.0. The fourth-order valence-electron chi connectivity index (χ4n) is 4.11. The number of primary sulfonamides is 1. The summed E-state index contributed by atoms with van der Waals surface area (Å²) in [5.41, 5.74) is 12.0. The summed E-state index contributed by atoms with van der Waals surface area (Å²) < 4.78 is 44.0. The van der Waals surface area contributed by atoms with Crippen molar-refractivity contribution in [2.45, 2.75) is 50.6 Å². The summed E-state index contributed by atoms with van der Waals surface area (Å²) in [4.78, 5) is 4.27. The van der Waals surface area contributed by atoms with Crippen LogP contribution < -0.4 is 15.6 Å². The van der Waals surface area contributed by atoms with Crippen molar-refractivity contribution in [3.63, 3.8) is 0 Å². The molecule has 1 aliphatic rings. The molecule has 32 heavy (non-hydrogen) atoms. The molecule has 1 aliphatic carbocycles. The molecule has 0 atom stereocenters. The molecule has 10 heteroatoms. The molecule has 0 unspecified atom stereocenters. The number of aryl methyl sites for hydroxylation is 2. The molecule has 0 spiro atoms. The topological polar surface area (TPSA) is 126 Å². The van der Waals surface area contributed by atoms with E-state index in [2.05, 4.69) is 16.1 Å². The Balaban J connectivity index is 1.58. The Morgan fingerprint density at radius 2 is 2.03 bits per heavy atom. The Hall–Kier alpha value is -2.98. The summed E-state index contributed by atoms with van der Waals surface area (Å²) in [7, 11) is -4.26. The van der Waals surface area contributed by atoms with Gasteiger partial charge in [-0.2, -0.15) is 5.10 Å². The molecule has 0 aliphatic heterocycles. The molecule has 0 fully saturated rings. The zero-order chi connectivity index (χ0) is 23.3.